The zero-order valence-electron chi connectivity index (χ0n) is 15.3. The average Bonchev–Trinajstić information content (AvgIpc) is 2.90. The molecule has 9 nitrogen and oxygen atoms in total. The van der Waals surface area contributed by atoms with Crippen LogP contribution in [0, 0.1) is 0 Å². The third-order valence-electron chi connectivity index (χ3n) is 3.94. The molecule has 3 heterocycles. The van der Waals surface area contributed by atoms with Crippen LogP contribution >= 0.6 is 15.9 Å². The molecule has 0 spiro atoms. The van der Waals surface area contributed by atoms with Crippen LogP contribution in [-0.4, -0.2) is 37.8 Å². The minimum atomic E-state index is -0.875. The lowest BCUT2D eigenvalue weighted by Crippen LogP contribution is -2.36. The summed E-state index contributed by atoms with van der Waals surface area (Å²) in [5.41, 5.74) is 13.0. The van der Waals surface area contributed by atoms with Gasteiger partial charge in [-0.1, -0.05) is 0 Å². The molecule has 0 aliphatic heterocycles. The molecule has 0 bridgehead atoms. The summed E-state index contributed by atoms with van der Waals surface area (Å²) < 4.78 is 13.5. The highest BCUT2D eigenvalue weighted by molar-refractivity contribution is 9.10. The van der Waals surface area contributed by atoms with Crippen LogP contribution in [0.2, 0.25) is 0 Å². The number of pyridine rings is 2. The van der Waals surface area contributed by atoms with Crippen molar-refractivity contribution < 1.29 is 14.3 Å². The molecule has 3 rings (SSSR count). The van der Waals surface area contributed by atoms with Crippen molar-refractivity contribution in [2.45, 2.75) is 39.5 Å². The number of nitrogens with two attached hydrogens (primary N) is 2. The zero-order chi connectivity index (χ0) is 19.8. The Kier molecular flexibility index (Phi) is 5.20. The van der Waals surface area contributed by atoms with E-state index in [0.717, 1.165) is 4.47 Å². The molecule has 0 fully saturated rings. The fourth-order valence-electron chi connectivity index (χ4n) is 2.96. The van der Waals surface area contributed by atoms with Gasteiger partial charge in [-0.15, -0.1) is 0 Å². The van der Waals surface area contributed by atoms with E-state index in [4.69, 9.17) is 20.9 Å². The van der Waals surface area contributed by atoms with Crippen molar-refractivity contribution >= 4 is 49.9 Å². The van der Waals surface area contributed by atoms with E-state index in [1.165, 1.54) is 0 Å². The van der Waals surface area contributed by atoms with Crippen molar-refractivity contribution in [2.24, 2.45) is 5.73 Å². The number of fused-ring (bicyclic) bond motifs is 3. The van der Waals surface area contributed by atoms with Gasteiger partial charge in [0, 0.05) is 17.3 Å². The van der Waals surface area contributed by atoms with Crippen LogP contribution in [0.3, 0.4) is 0 Å². The second-order valence-corrected chi connectivity index (χ2v) is 7.56. The van der Waals surface area contributed by atoms with Crippen molar-refractivity contribution in [2.75, 3.05) is 12.3 Å². The normalized spacial score (nSPS) is 12.0. The minimum absolute atomic E-state index is 0.273. The molecule has 144 valence electrons. The van der Waals surface area contributed by atoms with Crippen LogP contribution in [0.4, 0.5) is 10.6 Å². The van der Waals surface area contributed by atoms with E-state index in [0.29, 0.717) is 46.9 Å². The van der Waals surface area contributed by atoms with Crippen molar-refractivity contribution in [3.8, 4) is 0 Å². The number of imidazole rings is 1. The largest absolute Gasteiger partial charge is 0.442 e. The average molecular weight is 437 g/mol. The third kappa shape index (κ3) is 3.96. The number of aromatic nitrogens is 4. The van der Waals surface area contributed by atoms with Crippen LogP contribution in [0.5, 0.6) is 0 Å². The number of ether oxygens (including phenoxy) is 2. The number of amides is 1. The highest BCUT2D eigenvalue weighted by Gasteiger charge is 2.27. The van der Waals surface area contributed by atoms with Gasteiger partial charge in [0.05, 0.1) is 12.1 Å². The summed E-state index contributed by atoms with van der Waals surface area (Å²) in [6, 6.07) is 1.84. The minimum Gasteiger partial charge on any atom is -0.442 e. The van der Waals surface area contributed by atoms with Gasteiger partial charge in [0.25, 0.3) is 0 Å². The summed E-state index contributed by atoms with van der Waals surface area (Å²) in [5.74, 6) is 0.932. The first kappa shape index (κ1) is 19.3. The van der Waals surface area contributed by atoms with Crippen LogP contribution < -0.4 is 11.5 Å². The fraction of sp³-hybridized carbons (Fsp3) is 0.412. The molecule has 0 aliphatic rings. The summed E-state index contributed by atoms with van der Waals surface area (Å²) >= 11 is 3.40. The van der Waals surface area contributed by atoms with E-state index < -0.39 is 11.7 Å². The van der Waals surface area contributed by atoms with E-state index >= 15 is 0 Å². The van der Waals surface area contributed by atoms with Gasteiger partial charge in [0.1, 0.15) is 34.6 Å². The number of hydrogen-bond acceptors (Lipinski definition) is 7. The molecular weight excluding hydrogens is 416 g/mol. The number of carbonyl (C=O) groups is 1. The monoisotopic (exact) mass is 436 g/mol. The molecule has 0 saturated heterocycles. The molecule has 27 heavy (non-hydrogen) atoms. The maximum absolute atomic E-state index is 11.3. The molecular formula is C17H21BrN6O3. The Hall–Kier alpha value is -2.46. The Balaban J connectivity index is 2.26. The Morgan fingerprint density at radius 1 is 1.33 bits per heavy atom. The molecule has 4 N–H and O–H groups in total. The lowest BCUT2D eigenvalue weighted by molar-refractivity contribution is 0.0311. The summed E-state index contributed by atoms with van der Waals surface area (Å²) in [6.45, 7) is 6.54. The Morgan fingerprint density at radius 3 is 2.74 bits per heavy atom. The number of rotatable bonds is 6. The molecule has 0 atom stereocenters. The molecule has 10 heteroatoms. The second-order valence-electron chi connectivity index (χ2n) is 6.65. The third-order valence-corrected chi connectivity index (χ3v) is 4.37. The topological polar surface area (TPSA) is 131 Å². The number of halogens is 1. The number of hydrogen-bond donors (Lipinski definition) is 2. The van der Waals surface area contributed by atoms with Crippen molar-refractivity contribution in [3.05, 3.63) is 22.6 Å². The first-order chi connectivity index (χ1) is 12.7. The fourth-order valence-corrected chi connectivity index (χ4v) is 3.28. The quantitative estimate of drug-likeness (QED) is 0.606. The molecule has 0 saturated carbocycles. The van der Waals surface area contributed by atoms with E-state index in [9.17, 15) is 4.79 Å². The second kappa shape index (κ2) is 7.28. The van der Waals surface area contributed by atoms with Gasteiger partial charge < -0.3 is 25.5 Å². The lowest BCUT2D eigenvalue weighted by atomic mass is 10.1. The van der Waals surface area contributed by atoms with Gasteiger partial charge in [-0.05, 0) is 42.8 Å². The first-order valence-electron chi connectivity index (χ1n) is 8.38. The number of primary amides is 1. The summed E-state index contributed by atoms with van der Waals surface area (Å²) in [5, 5.41) is 0. The molecule has 1 amide bonds. The summed E-state index contributed by atoms with van der Waals surface area (Å²) in [4.78, 5) is 24.8. The number of nitrogens with zero attached hydrogens (tertiary/aromatic N) is 4. The van der Waals surface area contributed by atoms with E-state index in [2.05, 4.69) is 30.9 Å². The standard InChI is InChI=1S/C17H21BrN6O3/c1-4-26-7-11-23-13-14(24(11)8-17(2,3)27-16(20)25)12-10(22-15(13)19)5-9(18)6-21-12/h5-6H,4,7-8H2,1-3H3,(H2,19,22)(H2,20,25). The predicted octanol–water partition coefficient (Wildman–Crippen LogP) is 2.73. The van der Waals surface area contributed by atoms with Crippen LogP contribution in [-0.2, 0) is 22.6 Å². The maximum Gasteiger partial charge on any atom is 0.405 e. The van der Waals surface area contributed by atoms with Gasteiger partial charge in [-0.25, -0.2) is 14.8 Å². The molecule has 0 aromatic carbocycles. The Morgan fingerprint density at radius 2 is 2.07 bits per heavy atom. The molecule has 3 aromatic rings. The van der Waals surface area contributed by atoms with Crippen LogP contribution in [0.25, 0.3) is 22.1 Å². The maximum atomic E-state index is 11.3. The summed E-state index contributed by atoms with van der Waals surface area (Å²) in [6.07, 6.45) is 0.841. The van der Waals surface area contributed by atoms with Crippen LogP contribution in [0.15, 0.2) is 16.7 Å². The van der Waals surface area contributed by atoms with Gasteiger partial charge in [0.15, 0.2) is 5.82 Å². The highest BCUT2D eigenvalue weighted by atomic mass is 79.9. The van der Waals surface area contributed by atoms with Crippen molar-refractivity contribution in [1.82, 2.24) is 19.5 Å². The van der Waals surface area contributed by atoms with Crippen molar-refractivity contribution in [3.63, 3.8) is 0 Å². The zero-order valence-corrected chi connectivity index (χ0v) is 16.9. The van der Waals surface area contributed by atoms with E-state index in [-0.39, 0.29) is 6.61 Å². The molecule has 0 unspecified atom stereocenters. The van der Waals surface area contributed by atoms with E-state index in [1.807, 2.05) is 17.6 Å². The lowest BCUT2D eigenvalue weighted by Gasteiger charge is -2.25. The number of anilines is 1. The number of carbonyl (C=O) groups excluding carboxylic acids is 1. The SMILES string of the molecule is CCOCc1nc2c(N)nc3cc(Br)cnc3c2n1CC(C)(C)OC(N)=O. The molecule has 3 aromatic heterocycles. The Labute approximate surface area is 164 Å². The van der Waals surface area contributed by atoms with Gasteiger partial charge in [0.2, 0.25) is 0 Å². The Bertz CT molecular complexity index is 1020. The van der Waals surface area contributed by atoms with Gasteiger partial charge in [-0.3, -0.25) is 4.98 Å². The predicted molar refractivity (Wildman–Crippen MR) is 105 cm³/mol. The van der Waals surface area contributed by atoms with Crippen molar-refractivity contribution in [1.29, 1.82) is 0 Å². The smallest absolute Gasteiger partial charge is 0.405 e. The highest BCUT2D eigenvalue weighted by Crippen LogP contribution is 2.30. The first-order valence-corrected chi connectivity index (χ1v) is 9.17. The van der Waals surface area contributed by atoms with Gasteiger partial charge in [-0.2, -0.15) is 0 Å². The van der Waals surface area contributed by atoms with Gasteiger partial charge >= 0.3 is 6.09 Å². The van der Waals surface area contributed by atoms with Crippen LogP contribution in [0.1, 0.15) is 26.6 Å². The number of nitrogen functional groups attached to an aromatic ring is 1. The summed E-state index contributed by atoms with van der Waals surface area (Å²) in [7, 11) is 0. The van der Waals surface area contributed by atoms with E-state index in [1.54, 1.807) is 20.0 Å². The molecule has 0 radical (unpaired) electrons. The molecule has 0 aliphatic carbocycles.